The van der Waals surface area contributed by atoms with E-state index in [1.165, 1.54) is 0 Å². The molecule has 0 spiro atoms. The van der Waals surface area contributed by atoms with Gasteiger partial charge < -0.3 is 9.64 Å². The summed E-state index contributed by atoms with van der Waals surface area (Å²) in [5.74, 6) is -0.115. The largest absolute Gasteiger partial charge is 0.444 e. The van der Waals surface area contributed by atoms with Crippen LogP contribution >= 0.6 is 0 Å². The third kappa shape index (κ3) is 5.53. The topological polar surface area (TPSA) is 72.4 Å². The number of rotatable bonds is 3. The Balaban J connectivity index is 1.92. The van der Waals surface area contributed by atoms with E-state index in [2.05, 4.69) is 9.97 Å². The van der Waals surface area contributed by atoms with Crippen molar-refractivity contribution in [3.8, 4) is 0 Å². The average molecular weight is 343 g/mol. The summed E-state index contributed by atoms with van der Waals surface area (Å²) >= 11 is 0. The predicted molar refractivity (Wildman–Crippen MR) is 83.8 cm³/mol. The van der Waals surface area contributed by atoms with Crippen molar-refractivity contribution in [1.29, 1.82) is 0 Å². The van der Waals surface area contributed by atoms with Crippen LogP contribution < -0.4 is 0 Å². The fourth-order valence-electron chi connectivity index (χ4n) is 2.40. The Morgan fingerprint density at radius 3 is 2.70 bits per heavy atom. The van der Waals surface area contributed by atoms with Crippen molar-refractivity contribution in [2.24, 2.45) is 5.92 Å². The van der Waals surface area contributed by atoms with Crippen LogP contribution in [-0.2, 0) is 15.5 Å². The third-order valence-electron chi connectivity index (χ3n) is 3.36. The van der Waals surface area contributed by atoms with Crippen LogP contribution in [0.4, 0.5) is 9.18 Å². The molecule has 0 radical (unpaired) electrons. The first kappa shape index (κ1) is 17.8. The van der Waals surface area contributed by atoms with Gasteiger partial charge in [0.1, 0.15) is 5.60 Å². The van der Waals surface area contributed by atoms with Gasteiger partial charge in [-0.05, 0) is 39.5 Å². The minimum atomic E-state index is -1.40. The number of halogens is 1. The van der Waals surface area contributed by atoms with Gasteiger partial charge in [-0.25, -0.2) is 19.2 Å². The second-order valence-corrected chi connectivity index (χ2v) is 8.02. The highest BCUT2D eigenvalue weighted by molar-refractivity contribution is 7.84. The van der Waals surface area contributed by atoms with Gasteiger partial charge in [0.15, 0.2) is 5.82 Å². The number of amides is 1. The van der Waals surface area contributed by atoms with Crippen molar-refractivity contribution in [3.05, 3.63) is 18.2 Å². The van der Waals surface area contributed by atoms with Gasteiger partial charge >= 0.3 is 6.09 Å². The monoisotopic (exact) mass is 343 g/mol. The number of hydrogen-bond acceptors (Lipinski definition) is 5. The lowest BCUT2D eigenvalue weighted by atomic mass is 10.0. The second-order valence-electron chi connectivity index (χ2n) is 6.63. The molecule has 1 aliphatic heterocycles. The lowest BCUT2D eigenvalue weighted by Gasteiger charge is -2.33. The molecule has 1 aromatic heterocycles. The molecule has 2 heterocycles. The first-order valence-corrected chi connectivity index (χ1v) is 8.90. The van der Waals surface area contributed by atoms with E-state index >= 15 is 0 Å². The molecule has 1 saturated heterocycles. The first-order valence-electron chi connectivity index (χ1n) is 7.58. The van der Waals surface area contributed by atoms with Crippen molar-refractivity contribution in [2.75, 3.05) is 18.8 Å². The van der Waals surface area contributed by atoms with Gasteiger partial charge in [0, 0.05) is 18.8 Å². The lowest BCUT2D eigenvalue weighted by molar-refractivity contribution is 0.0176. The Morgan fingerprint density at radius 2 is 2.09 bits per heavy atom. The van der Waals surface area contributed by atoms with Crippen molar-refractivity contribution in [1.82, 2.24) is 14.9 Å². The molecule has 128 valence electrons. The molecule has 0 N–H and O–H groups in total. The summed E-state index contributed by atoms with van der Waals surface area (Å²) in [6.45, 7) is 6.63. The Hall–Kier alpha value is -1.57. The zero-order valence-corrected chi connectivity index (χ0v) is 14.4. The zero-order valence-electron chi connectivity index (χ0n) is 13.6. The third-order valence-corrected chi connectivity index (χ3v) is 4.75. The standard InChI is InChI=1S/C15H22FN3O3S/c1-15(2,3)22-14(20)19-6-4-5-11(9-19)10-23(21)13-17-7-12(16)8-18-13/h7-8,11H,4-6,9-10H2,1-3H3. The van der Waals surface area contributed by atoms with Crippen LogP contribution in [0.15, 0.2) is 17.6 Å². The average Bonchev–Trinajstić information content (AvgIpc) is 2.46. The molecule has 8 heteroatoms. The lowest BCUT2D eigenvalue weighted by Crippen LogP contribution is -2.44. The van der Waals surface area contributed by atoms with E-state index in [-0.39, 0.29) is 17.2 Å². The summed E-state index contributed by atoms with van der Waals surface area (Å²) < 4.78 is 30.4. The van der Waals surface area contributed by atoms with Crippen LogP contribution in [0.3, 0.4) is 0 Å². The minimum Gasteiger partial charge on any atom is -0.444 e. The Labute approximate surface area is 137 Å². The predicted octanol–water partition coefficient (Wildman–Crippen LogP) is 2.37. The Kier molecular flexibility index (Phi) is 5.67. The summed E-state index contributed by atoms with van der Waals surface area (Å²) in [5, 5.41) is 0.126. The Morgan fingerprint density at radius 1 is 1.43 bits per heavy atom. The summed E-state index contributed by atoms with van der Waals surface area (Å²) in [7, 11) is -1.40. The van der Waals surface area contributed by atoms with Crippen LogP contribution in [0.25, 0.3) is 0 Å². The van der Waals surface area contributed by atoms with Gasteiger partial charge in [0.25, 0.3) is 0 Å². The van der Waals surface area contributed by atoms with Crippen molar-refractivity contribution in [2.45, 2.75) is 44.4 Å². The highest BCUT2D eigenvalue weighted by Gasteiger charge is 2.29. The van der Waals surface area contributed by atoms with E-state index in [0.29, 0.717) is 18.8 Å². The SMILES string of the molecule is CC(C)(C)OC(=O)N1CCCC(CS(=O)c2ncc(F)cn2)C1. The van der Waals surface area contributed by atoms with Crippen LogP contribution in [0.1, 0.15) is 33.6 Å². The quantitative estimate of drug-likeness (QED) is 0.788. The van der Waals surface area contributed by atoms with Gasteiger partial charge in [0.2, 0.25) is 5.16 Å². The molecule has 2 atom stereocenters. The maximum absolute atomic E-state index is 12.8. The van der Waals surface area contributed by atoms with Crippen LogP contribution in [0, 0.1) is 11.7 Å². The van der Waals surface area contributed by atoms with Gasteiger partial charge in [0.05, 0.1) is 23.2 Å². The summed E-state index contributed by atoms with van der Waals surface area (Å²) in [6, 6.07) is 0. The maximum atomic E-state index is 12.8. The molecule has 1 fully saturated rings. The normalized spacial score (nSPS) is 20.2. The second kappa shape index (κ2) is 7.33. The van der Waals surface area contributed by atoms with Gasteiger partial charge in [-0.15, -0.1) is 0 Å². The molecule has 0 aromatic carbocycles. The molecule has 0 saturated carbocycles. The van der Waals surface area contributed by atoms with Crippen molar-refractivity contribution >= 4 is 16.9 Å². The van der Waals surface area contributed by atoms with E-state index in [1.54, 1.807) is 4.90 Å². The summed E-state index contributed by atoms with van der Waals surface area (Å²) in [6.07, 6.45) is 3.39. The van der Waals surface area contributed by atoms with Gasteiger partial charge in [-0.1, -0.05) is 0 Å². The van der Waals surface area contributed by atoms with E-state index in [0.717, 1.165) is 25.2 Å². The molecule has 1 aliphatic rings. The van der Waals surface area contributed by atoms with Gasteiger partial charge in [-0.3, -0.25) is 4.21 Å². The number of nitrogens with zero attached hydrogens (tertiary/aromatic N) is 3. The van der Waals surface area contributed by atoms with Crippen LogP contribution in [0.2, 0.25) is 0 Å². The molecular formula is C15H22FN3O3S. The van der Waals surface area contributed by atoms with E-state index < -0.39 is 22.2 Å². The first-order chi connectivity index (χ1) is 10.7. The highest BCUT2D eigenvalue weighted by Crippen LogP contribution is 2.21. The molecule has 2 unspecified atom stereocenters. The fourth-order valence-corrected chi connectivity index (χ4v) is 3.59. The van der Waals surface area contributed by atoms with Crippen molar-refractivity contribution in [3.63, 3.8) is 0 Å². The number of aromatic nitrogens is 2. The summed E-state index contributed by atoms with van der Waals surface area (Å²) in [5.41, 5.74) is -0.533. The number of carbonyl (C=O) groups excluding carboxylic acids is 1. The van der Waals surface area contributed by atoms with Crippen LogP contribution in [-0.4, -0.2) is 49.6 Å². The van der Waals surface area contributed by atoms with Crippen LogP contribution in [0.5, 0.6) is 0 Å². The van der Waals surface area contributed by atoms with E-state index in [1.807, 2.05) is 20.8 Å². The molecule has 1 aromatic rings. The Bertz CT molecular complexity index is 574. The highest BCUT2D eigenvalue weighted by atomic mass is 32.2. The zero-order chi connectivity index (χ0) is 17.0. The molecule has 2 rings (SSSR count). The number of ether oxygens (including phenoxy) is 1. The molecule has 23 heavy (non-hydrogen) atoms. The number of piperidine rings is 1. The summed E-state index contributed by atoms with van der Waals surface area (Å²) in [4.78, 5) is 21.3. The molecule has 6 nitrogen and oxygen atoms in total. The molecule has 0 aliphatic carbocycles. The van der Waals surface area contributed by atoms with E-state index in [9.17, 15) is 13.4 Å². The molecular weight excluding hydrogens is 321 g/mol. The number of carbonyl (C=O) groups is 1. The minimum absolute atomic E-state index is 0.0887. The smallest absolute Gasteiger partial charge is 0.410 e. The molecule has 1 amide bonds. The van der Waals surface area contributed by atoms with Crippen molar-refractivity contribution < 1.29 is 18.1 Å². The number of hydrogen-bond donors (Lipinski definition) is 0. The van der Waals surface area contributed by atoms with E-state index in [4.69, 9.17) is 4.74 Å². The maximum Gasteiger partial charge on any atom is 0.410 e. The fraction of sp³-hybridized carbons (Fsp3) is 0.667. The van der Waals surface area contributed by atoms with Gasteiger partial charge in [-0.2, -0.15) is 0 Å². The molecule has 0 bridgehead atoms. The number of likely N-dealkylation sites (tertiary alicyclic amines) is 1.